The van der Waals surface area contributed by atoms with Gasteiger partial charge in [-0.25, -0.2) is 4.39 Å². The quantitative estimate of drug-likeness (QED) is 0.737. The van der Waals surface area contributed by atoms with Crippen LogP contribution in [0.3, 0.4) is 0 Å². The zero-order chi connectivity index (χ0) is 14.1. The van der Waals surface area contributed by atoms with Gasteiger partial charge < -0.3 is 0 Å². The first-order chi connectivity index (χ1) is 9.63. The largest absolute Gasteiger partial charge is 0.289 e. The second-order valence-electron chi connectivity index (χ2n) is 5.30. The van der Waals surface area contributed by atoms with Crippen LogP contribution < -0.4 is 0 Å². The zero-order valence-corrected chi connectivity index (χ0v) is 12.5. The lowest BCUT2D eigenvalue weighted by molar-refractivity contribution is 0.103. The first-order valence-corrected chi connectivity index (χ1v) is 7.51. The van der Waals surface area contributed by atoms with Crippen LogP contribution in [0, 0.1) is 11.7 Å². The summed E-state index contributed by atoms with van der Waals surface area (Å²) in [6, 6.07) is 11.5. The molecular weight excluding hydrogens is 319 g/mol. The smallest absolute Gasteiger partial charge is 0.194 e. The Morgan fingerprint density at radius 2 is 1.85 bits per heavy atom. The van der Waals surface area contributed by atoms with Crippen molar-refractivity contribution in [3.8, 4) is 0 Å². The van der Waals surface area contributed by atoms with Gasteiger partial charge in [-0.1, -0.05) is 22.0 Å². The molecule has 1 aliphatic carbocycles. The molecule has 0 spiro atoms. The Labute approximate surface area is 126 Å². The molecule has 2 aromatic carbocycles. The van der Waals surface area contributed by atoms with Crippen LogP contribution in [0.1, 0.15) is 34.3 Å². The number of ketones is 1. The van der Waals surface area contributed by atoms with E-state index in [1.54, 1.807) is 0 Å². The van der Waals surface area contributed by atoms with Gasteiger partial charge in [-0.3, -0.25) is 4.79 Å². The second kappa shape index (κ2) is 5.49. The average molecular weight is 333 g/mol. The molecule has 0 N–H and O–H groups in total. The molecule has 0 radical (unpaired) electrons. The van der Waals surface area contributed by atoms with Gasteiger partial charge in [-0.05, 0) is 67.1 Å². The fourth-order valence-electron chi connectivity index (χ4n) is 2.28. The fourth-order valence-corrected chi connectivity index (χ4v) is 2.89. The molecule has 0 aromatic heterocycles. The maximum Gasteiger partial charge on any atom is 0.194 e. The van der Waals surface area contributed by atoms with E-state index >= 15 is 0 Å². The van der Waals surface area contributed by atoms with Crippen LogP contribution in [-0.2, 0) is 6.42 Å². The average Bonchev–Trinajstić information content (AvgIpc) is 3.23. The Balaban J connectivity index is 1.85. The molecule has 0 heterocycles. The van der Waals surface area contributed by atoms with Crippen LogP contribution in [0.15, 0.2) is 46.9 Å². The van der Waals surface area contributed by atoms with Crippen molar-refractivity contribution in [3.05, 3.63) is 69.4 Å². The minimum atomic E-state index is -0.333. The molecule has 0 atom stereocenters. The highest BCUT2D eigenvalue weighted by atomic mass is 79.9. The molecule has 3 rings (SSSR count). The fraction of sp³-hybridized carbons (Fsp3) is 0.235. The summed E-state index contributed by atoms with van der Waals surface area (Å²) in [5, 5.41) is 0. The molecule has 0 amide bonds. The number of rotatable bonds is 4. The van der Waals surface area contributed by atoms with Crippen molar-refractivity contribution in [1.82, 2.24) is 0 Å². The van der Waals surface area contributed by atoms with Crippen molar-refractivity contribution in [3.63, 3.8) is 0 Å². The summed E-state index contributed by atoms with van der Waals surface area (Å²) in [6.07, 6.45) is 3.71. The third kappa shape index (κ3) is 2.98. The van der Waals surface area contributed by atoms with Crippen molar-refractivity contribution in [1.29, 1.82) is 0 Å². The topological polar surface area (TPSA) is 17.1 Å². The van der Waals surface area contributed by atoms with Crippen molar-refractivity contribution in [2.45, 2.75) is 19.3 Å². The third-order valence-electron chi connectivity index (χ3n) is 3.61. The van der Waals surface area contributed by atoms with Crippen LogP contribution in [0.25, 0.3) is 0 Å². The summed E-state index contributed by atoms with van der Waals surface area (Å²) < 4.78 is 13.7. The molecule has 1 fully saturated rings. The van der Waals surface area contributed by atoms with Crippen LogP contribution in [-0.4, -0.2) is 5.78 Å². The van der Waals surface area contributed by atoms with Gasteiger partial charge in [0.25, 0.3) is 0 Å². The highest BCUT2D eigenvalue weighted by molar-refractivity contribution is 9.10. The van der Waals surface area contributed by atoms with E-state index in [1.807, 2.05) is 18.2 Å². The van der Waals surface area contributed by atoms with E-state index in [2.05, 4.69) is 15.9 Å². The van der Waals surface area contributed by atoms with Crippen molar-refractivity contribution in [2.75, 3.05) is 0 Å². The lowest BCUT2D eigenvalue weighted by atomic mass is 10.0. The van der Waals surface area contributed by atoms with Gasteiger partial charge in [0.1, 0.15) is 5.82 Å². The van der Waals surface area contributed by atoms with Crippen molar-refractivity contribution >= 4 is 21.7 Å². The summed E-state index contributed by atoms with van der Waals surface area (Å²) in [4.78, 5) is 12.4. The van der Waals surface area contributed by atoms with E-state index in [0.717, 1.165) is 16.8 Å². The van der Waals surface area contributed by atoms with E-state index in [4.69, 9.17) is 0 Å². The number of carbonyl (C=O) groups excluding carboxylic acids is 1. The predicted octanol–water partition coefficient (Wildman–Crippen LogP) is 4.77. The molecule has 0 saturated heterocycles. The van der Waals surface area contributed by atoms with Gasteiger partial charge in [0.05, 0.1) is 0 Å². The molecule has 1 aliphatic rings. The molecule has 1 nitrogen and oxygen atoms in total. The molecule has 102 valence electrons. The van der Waals surface area contributed by atoms with Crippen molar-refractivity contribution in [2.24, 2.45) is 5.92 Å². The summed E-state index contributed by atoms with van der Waals surface area (Å²) >= 11 is 3.47. The van der Waals surface area contributed by atoms with Crippen LogP contribution in [0.5, 0.6) is 0 Å². The Morgan fingerprint density at radius 1 is 1.15 bits per heavy atom. The summed E-state index contributed by atoms with van der Waals surface area (Å²) in [7, 11) is 0. The van der Waals surface area contributed by atoms with Crippen LogP contribution in [0.4, 0.5) is 4.39 Å². The summed E-state index contributed by atoms with van der Waals surface area (Å²) in [5.41, 5.74) is 2.38. The molecule has 1 saturated carbocycles. The van der Waals surface area contributed by atoms with Crippen molar-refractivity contribution < 1.29 is 9.18 Å². The Morgan fingerprint density at radius 3 is 2.45 bits per heavy atom. The maximum atomic E-state index is 12.9. The van der Waals surface area contributed by atoms with E-state index in [0.29, 0.717) is 11.1 Å². The summed E-state index contributed by atoms with van der Waals surface area (Å²) in [6.45, 7) is 0. The second-order valence-corrected chi connectivity index (χ2v) is 6.15. The minimum Gasteiger partial charge on any atom is -0.289 e. The molecule has 2 aromatic rings. The number of benzene rings is 2. The van der Waals surface area contributed by atoms with E-state index < -0.39 is 0 Å². The molecule has 3 heteroatoms. The molecule has 20 heavy (non-hydrogen) atoms. The van der Waals surface area contributed by atoms with Gasteiger partial charge in [0, 0.05) is 15.6 Å². The van der Waals surface area contributed by atoms with Gasteiger partial charge in [0.2, 0.25) is 0 Å². The molecule has 0 bridgehead atoms. The minimum absolute atomic E-state index is 0.0881. The summed E-state index contributed by atoms with van der Waals surface area (Å²) in [5.74, 6) is 0.399. The van der Waals surface area contributed by atoms with Gasteiger partial charge in [-0.15, -0.1) is 0 Å². The Hall–Kier alpha value is -1.48. The van der Waals surface area contributed by atoms with E-state index in [-0.39, 0.29) is 11.6 Å². The Bertz CT molecular complexity index is 645. The van der Waals surface area contributed by atoms with E-state index in [1.165, 1.54) is 42.7 Å². The van der Waals surface area contributed by atoms with E-state index in [9.17, 15) is 9.18 Å². The lowest BCUT2D eigenvalue weighted by Crippen LogP contribution is -2.03. The predicted molar refractivity (Wildman–Crippen MR) is 80.4 cm³/mol. The van der Waals surface area contributed by atoms with Gasteiger partial charge in [-0.2, -0.15) is 0 Å². The van der Waals surface area contributed by atoms with Gasteiger partial charge in [0.15, 0.2) is 5.78 Å². The monoisotopic (exact) mass is 332 g/mol. The number of hydrogen-bond donors (Lipinski definition) is 0. The first-order valence-electron chi connectivity index (χ1n) is 6.72. The maximum absolute atomic E-state index is 12.9. The Kier molecular flexibility index (Phi) is 3.70. The first kappa shape index (κ1) is 13.5. The van der Waals surface area contributed by atoms with Crippen LogP contribution >= 0.6 is 15.9 Å². The number of hydrogen-bond acceptors (Lipinski definition) is 1. The highest BCUT2D eigenvalue weighted by Gasteiger charge is 2.22. The van der Waals surface area contributed by atoms with Crippen LogP contribution in [0.2, 0.25) is 0 Å². The standard InChI is InChI=1S/C17H14BrFO/c18-16-10-12(9-11-1-2-11)3-8-15(16)17(20)13-4-6-14(19)7-5-13/h3-8,10-11H,1-2,9H2. The number of halogens is 2. The molecule has 0 aliphatic heterocycles. The number of carbonyl (C=O) groups is 1. The SMILES string of the molecule is O=C(c1ccc(F)cc1)c1ccc(CC2CC2)cc1Br. The molecular formula is C17H14BrFO. The highest BCUT2D eigenvalue weighted by Crippen LogP contribution is 2.33. The van der Waals surface area contributed by atoms with Gasteiger partial charge >= 0.3 is 0 Å². The molecule has 0 unspecified atom stereocenters. The third-order valence-corrected chi connectivity index (χ3v) is 4.26. The normalized spacial score (nSPS) is 14.3. The lowest BCUT2D eigenvalue weighted by Gasteiger charge is -2.07. The zero-order valence-electron chi connectivity index (χ0n) is 10.9.